The lowest BCUT2D eigenvalue weighted by Crippen LogP contribution is -1.94. The van der Waals surface area contributed by atoms with Crippen LogP contribution in [0.1, 0.15) is 5.56 Å². The SMILES string of the molecule is Cn1c(-c2cncc(CO)c2)nc2ccc(Br)cc21. The van der Waals surface area contributed by atoms with Crippen molar-refractivity contribution in [2.24, 2.45) is 7.05 Å². The zero-order valence-corrected chi connectivity index (χ0v) is 11.9. The third-order valence-electron chi connectivity index (χ3n) is 3.08. The molecule has 2 heterocycles. The Hall–Kier alpha value is -1.72. The van der Waals surface area contributed by atoms with Gasteiger partial charge in [0.05, 0.1) is 17.6 Å². The third-order valence-corrected chi connectivity index (χ3v) is 3.57. The van der Waals surface area contributed by atoms with Crippen molar-refractivity contribution in [3.8, 4) is 11.4 Å². The summed E-state index contributed by atoms with van der Waals surface area (Å²) in [6.07, 6.45) is 3.41. The molecule has 0 saturated carbocycles. The number of halogens is 1. The summed E-state index contributed by atoms with van der Waals surface area (Å²) in [5.41, 5.74) is 3.68. The van der Waals surface area contributed by atoms with Crippen molar-refractivity contribution in [2.45, 2.75) is 6.61 Å². The van der Waals surface area contributed by atoms with Gasteiger partial charge in [-0.25, -0.2) is 4.98 Å². The summed E-state index contributed by atoms with van der Waals surface area (Å²) in [4.78, 5) is 8.76. The number of aryl methyl sites for hydroxylation is 1. The molecule has 3 aromatic rings. The fourth-order valence-electron chi connectivity index (χ4n) is 2.12. The Bertz CT molecular complexity index is 752. The molecule has 19 heavy (non-hydrogen) atoms. The molecule has 0 aliphatic heterocycles. The van der Waals surface area contributed by atoms with Gasteiger partial charge in [0.15, 0.2) is 0 Å². The summed E-state index contributed by atoms with van der Waals surface area (Å²) < 4.78 is 3.05. The van der Waals surface area contributed by atoms with Crippen LogP contribution in [-0.2, 0) is 13.7 Å². The molecule has 0 atom stereocenters. The van der Waals surface area contributed by atoms with Crippen molar-refractivity contribution < 1.29 is 5.11 Å². The monoisotopic (exact) mass is 317 g/mol. The van der Waals surface area contributed by atoms with E-state index in [0.717, 1.165) is 32.5 Å². The lowest BCUT2D eigenvalue weighted by molar-refractivity contribution is 0.281. The fourth-order valence-corrected chi connectivity index (χ4v) is 2.47. The van der Waals surface area contributed by atoms with Crippen LogP contribution in [0.5, 0.6) is 0 Å². The van der Waals surface area contributed by atoms with Gasteiger partial charge in [-0.15, -0.1) is 0 Å². The van der Waals surface area contributed by atoms with Crippen LogP contribution in [0.2, 0.25) is 0 Å². The second-order valence-corrected chi connectivity index (χ2v) is 5.28. The van der Waals surface area contributed by atoms with E-state index < -0.39 is 0 Å². The first-order valence-electron chi connectivity index (χ1n) is 5.86. The third kappa shape index (κ3) is 2.15. The largest absolute Gasteiger partial charge is 0.392 e. The zero-order chi connectivity index (χ0) is 13.4. The minimum Gasteiger partial charge on any atom is -0.392 e. The van der Waals surface area contributed by atoms with Crippen LogP contribution in [0.3, 0.4) is 0 Å². The number of nitrogens with zero attached hydrogens (tertiary/aromatic N) is 3. The van der Waals surface area contributed by atoms with Gasteiger partial charge in [-0.1, -0.05) is 15.9 Å². The lowest BCUT2D eigenvalue weighted by atomic mass is 10.2. The van der Waals surface area contributed by atoms with E-state index in [2.05, 4.69) is 25.9 Å². The maximum atomic E-state index is 9.18. The standard InChI is InChI=1S/C14H12BrN3O/c1-18-13-5-11(15)2-3-12(13)17-14(18)10-4-9(8-19)6-16-7-10/h2-7,19H,8H2,1H3. The van der Waals surface area contributed by atoms with Gasteiger partial charge in [0.2, 0.25) is 0 Å². The van der Waals surface area contributed by atoms with Gasteiger partial charge in [0.1, 0.15) is 5.82 Å². The summed E-state index contributed by atoms with van der Waals surface area (Å²) in [5, 5.41) is 9.18. The van der Waals surface area contributed by atoms with Gasteiger partial charge in [0.25, 0.3) is 0 Å². The molecule has 3 rings (SSSR count). The maximum absolute atomic E-state index is 9.18. The van der Waals surface area contributed by atoms with Crippen LogP contribution < -0.4 is 0 Å². The average molecular weight is 318 g/mol. The Morgan fingerprint density at radius 3 is 2.89 bits per heavy atom. The van der Waals surface area contributed by atoms with Gasteiger partial charge in [0, 0.05) is 29.5 Å². The van der Waals surface area contributed by atoms with E-state index in [9.17, 15) is 5.11 Å². The van der Waals surface area contributed by atoms with E-state index in [0.29, 0.717) is 0 Å². The first-order chi connectivity index (χ1) is 9.19. The summed E-state index contributed by atoms with van der Waals surface area (Å²) in [5.74, 6) is 0.843. The topological polar surface area (TPSA) is 50.9 Å². The molecule has 1 aromatic carbocycles. The number of imidazole rings is 1. The van der Waals surface area contributed by atoms with E-state index in [1.54, 1.807) is 12.4 Å². The van der Waals surface area contributed by atoms with Crippen LogP contribution >= 0.6 is 15.9 Å². The van der Waals surface area contributed by atoms with Crippen LogP contribution in [-0.4, -0.2) is 19.6 Å². The number of fused-ring (bicyclic) bond motifs is 1. The van der Waals surface area contributed by atoms with Gasteiger partial charge >= 0.3 is 0 Å². The van der Waals surface area contributed by atoms with Crippen LogP contribution in [0, 0.1) is 0 Å². The molecule has 4 nitrogen and oxygen atoms in total. The number of aliphatic hydroxyl groups excluding tert-OH is 1. The van der Waals surface area contributed by atoms with Crippen molar-refractivity contribution in [2.75, 3.05) is 0 Å². The van der Waals surface area contributed by atoms with E-state index in [-0.39, 0.29) is 6.61 Å². The molecule has 5 heteroatoms. The fraction of sp³-hybridized carbons (Fsp3) is 0.143. The smallest absolute Gasteiger partial charge is 0.142 e. The summed E-state index contributed by atoms with van der Waals surface area (Å²) >= 11 is 3.47. The van der Waals surface area contributed by atoms with E-state index in [1.165, 1.54) is 0 Å². The second kappa shape index (κ2) is 4.75. The average Bonchev–Trinajstić information content (AvgIpc) is 2.76. The van der Waals surface area contributed by atoms with Gasteiger partial charge in [-0.3, -0.25) is 4.98 Å². The number of hydrogen-bond donors (Lipinski definition) is 1. The number of hydrogen-bond acceptors (Lipinski definition) is 3. The molecular weight excluding hydrogens is 306 g/mol. The molecule has 0 spiro atoms. The predicted octanol–water partition coefficient (Wildman–Crippen LogP) is 2.89. The first kappa shape index (κ1) is 12.3. The molecule has 0 aliphatic carbocycles. The second-order valence-electron chi connectivity index (χ2n) is 4.37. The minimum absolute atomic E-state index is 0.0175. The Balaban J connectivity index is 2.21. The summed E-state index contributed by atoms with van der Waals surface area (Å²) in [7, 11) is 1.97. The van der Waals surface area contributed by atoms with Crippen LogP contribution in [0.25, 0.3) is 22.4 Å². The molecule has 0 bridgehead atoms. The number of rotatable bonds is 2. The molecule has 0 saturated heterocycles. The van der Waals surface area contributed by atoms with E-state index in [1.807, 2.05) is 35.9 Å². The van der Waals surface area contributed by atoms with Crippen LogP contribution in [0.15, 0.2) is 41.1 Å². The highest BCUT2D eigenvalue weighted by molar-refractivity contribution is 9.10. The molecule has 0 amide bonds. The number of aliphatic hydroxyl groups is 1. The van der Waals surface area contributed by atoms with Crippen molar-refractivity contribution in [1.82, 2.24) is 14.5 Å². The maximum Gasteiger partial charge on any atom is 0.142 e. The molecule has 0 radical (unpaired) electrons. The van der Waals surface area contributed by atoms with Crippen molar-refractivity contribution in [3.63, 3.8) is 0 Å². The highest BCUT2D eigenvalue weighted by atomic mass is 79.9. The summed E-state index contributed by atoms with van der Waals surface area (Å²) in [6, 6.07) is 7.90. The lowest BCUT2D eigenvalue weighted by Gasteiger charge is -2.03. The van der Waals surface area contributed by atoms with Crippen molar-refractivity contribution in [3.05, 3.63) is 46.7 Å². The highest BCUT2D eigenvalue weighted by Crippen LogP contribution is 2.25. The van der Waals surface area contributed by atoms with E-state index >= 15 is 0 Å². The van der Waals surface area contributed by atoms with Gasteiger partial charge in [-0.05, 0) is 29.8 Å². The number of aromatic nitrogens is 3. The minimum atomic E-state index is -0.0175. The Morgan fingerprint density at radius 1 is 1.26 bits per heavy atom. The Kier molecular flexibility index (Phi) is 3.08. The predicted molar refractivity (Wildman–Crippen MR) is 77.6 cm³/mol. The molecule has 0 aliphatic rings. The Morgan fingerprint density at radius 2 is 2.11 bits per heavy atom. The van der Waals surface area contributed by atoms with Crippen molar-refractivity contribution in [1.29, 1.82) is 0 Å². The normalized spacial score (nSPS) is 11.1. The Labute approximate surface area is 118 Å². The van der Waals surface area contributed by atoms with Gasteiger partial charge in [-0.2, -0.15) is 0 Å². The van der Waals surface area contributed by atoms with Crippen molar-refractivity contribution >= 4 is 27.0 Å². The number of pyridine rings is 1. The highest BCUT2D eigenvalue weighted by Gasteiger charge is 2.10. The van der Waals surface area contributed by atoms with Gasteiger partial charge < -0.3 is 9.67 Å². The van der Waals surface area contributed by atoms with Crippen LogP contribution in [0.4, 0.5) is 0 Å². The molecule has 0 unspecified atom stereocenters. The number of benzene rings is 1. The molecule has 96 valence electrons. The first-order valence-corrected chi connectivity index (χ1v) is 6.65. The molecule has 0 fully saturated rings. The quantitative estimate of drug-likeness (QED) is 0.790. The zero-order valence-electron chi connectivity index (χ0n) is 10.3. The molecular formula is C14H12BrN3O. The molecule has 1 N–H and O–H groups in total. The molecule has 2 aromatic heterocycles. The van der Waals surface area contributed by atoms with E-state index in [4.69, 9.17) is 0 Å². The summed E-state index contributed by atoms with van der Waals surface area (Å²) in [6.45, 7) is -0.0175.